The lowest BCUT2D eigenvalue weighted by atomic mass is 10.3. The third kappa shape index (κ3) is 2.16. The molecule has 1 aliphatic rings. The van der Waals surface area contributed by atoms with E-state index in [0.29, 0.717) is 6.79 Å². The molecule has 9 heavy (non-hydrogen) atoms. The van der Waals surface area contributed by atoms with E-state index < -0.39 is 0 Å². The van der Waals surface area contributed by atoms with Gasteiger partial charge in [-0.2, -0.15) is 0 Å². The first-order chi connectivity index (χ1) is 4.43. The van der Waals surface area contributed by atoms with Crippen LogP contribution in [0.5, 0.6) is 0 Å². The number of ether oxygens (including phenoxy) is 2. The Bertz CT molecular complexity index is 93.1. The van der Waals surface area contributed by atoms with E-state index in [-0.39, 0.29) is 6.10 Å². The molecule has 2 heteroatoms. The lowest BCUT2D eigenvalue weighted by Crippen LogP contribution is -2.03. The van der Waals surface area contributed by atoms with Crippen molar-refractivity contribution in [1.82, 2.24) is 0 Å². The summed E-state index contributed by atoms with van der Waals surface area (Å²) in [6.07, 6.45) is 5.43. The van der Waals surface area contributed by atoms with Crippen LogP contribution >= 0.6 is 0 Å². The topological polar surface area (TPSA) is 18.5 Å². The van der Waals surface area contributed by atoms with Crippen molar-refractivity contribution < 1.29 is 9.47 Å². The Kier molecular flexibility index (Phi) is 2.74. The molecule has 0 aliphatic carbocycles. The van der Waals surface area contributed by atoms with Crippen LogP contribution in [0.15, 0.2) is 12.2 Å². The molecule has 1 unspecified atom stereocenters. The van der Waals surface area contributed by atoms with E-state index in [2.05, 4.69) is 13.0 Å². The van der Waals surface area contributed by atoms with Crippen LogP contribution < -0.4 is 0 Å². The van der Waals surface area contributed by atoms with Crippen molar-refractivity contribution in [2.75, 3.05) is 13.4 Å². The Morgan fingerprint density at radius 1 is 1.67 bits per heavy atom. The lowest BCUT2D eigenvalue weighted by Gasteiger charge is -1.96. The molecule has 0 bridgehead atoms. The zero-order chi connectivity index (χ0) is 6.53. The normalized spacial score (nSPS) is 27.9. The minimum atomic E-state index is 0.213. The molecule has 1 saturated heterocycles. The maximum Gasteiger partial charge on any atom is 0.147 e. The Labute approximate surface area is 55.5 Å². The quantitative estimate of drug-likeness (QED) is 0.522. The summed E-state index contributed by atoms with van der Waals surface area (Å²) in [6.45, 7) is 3.28. The van der Waals surface area contributed by atoms with Gasteiger partial charge in [0.2, 0.25) is 0 Å². The zero-order valence-corrected chi connectivity index (χ0v) is 5.67. The van der Waals surface area contributed by atoms with E-state index in [1.807, 2.05) is 6.08 Å². The van der Waals surface area contributed by atoms with E-state index in [0.717, 1.165) is 13.0 Å². The molecule has 1 heterocycles. The molecule has 0 aromatic heterocycles. The van der Waals surface area contributed by atoms with Gasteiger partial charge in [-0.05, 0) is 6.42 Å². The van der Waals surface area contributed by atoms with Crippen molar-refractivity contribution in [3.63, 3.8) is 0 Å². The predicted octanol–water partition coefficient (Wildman–Crippen LogP) is 1.33. The zero-order valence-electron chi connectivity index (χ0n) is 5.67. The van der Waals surface area contributed by atoms with Crippen LogP contribution in [0.3, 0.4) is 0 Å². The second kappa shape index (κ2) is 3.64. The molecule has 0 amide bonds. The van der Waals surface area contributed by atoms with Gasteiger partial charge >= 0.3 is 0 Å². The summed E-state index contributed by atoms with van der Waals surface area (Å²) in [5.41, 5.74) is 0. The van der Waals surface area contributed by atoms with Crippen molar-refractivity contribution >= 4 is 0 Å². The SMILES string of the molecule is CC/C=C\C1COCO1. The highest BCUT2D eigenvalue weighted by atomic mass is 16.7. The Balaban J connectivity index is 2.18. The van der Waals surface area contributed by atoms with Gasteiger partial charge < -0.3 is 9.47 Å². The molecule has 1 aliphatic heterocycles. The van der Waals surface area contributed by atoms with E-state index >= 15 is 0 Å². The number of rotatable bonds is 2. The van der Waals surface area contributed by atoms with Gasteiger partial charge in [-0.1, -0.05) is 19.1 Å². The van der Waals surface area contributed by atoms with Crippen LogP contribution in [0.25, 0.3) is 0 Å². The standard InChI is InChI=1S/C7H12O2/c1-2-3-4-7-5-8-6-9-7/h3-4,7H,2,5-6H2,1H3/b4-3-. The molecule has 2 nitrogen and oxygen atoms in total. The summed E-state index contributed by atoms with van der Waals surface area (Å²) in [7, 11) is 0. The van der Waals surface area contributed by atoms with E-state index in [1.54, 1.807) is 0 Å². The molecule has 0 radical (unpaired) electrons. The predicted molar refractivity (Wildman–Crippen MR) is 35.1 cm³/mol. The first-order valence-corrected chi connectivity index (χ1v) is 3.29. The molecule has 1 fully saturated rings. The second-order valence-corrected chi connectivity index (χ2v) is 2.03. The van der Waals surface area contributed by atoms with Gasteiger partial charge in [-0.3, -0.25) is 0 Å². The number of allylic oxidation sites excluding steroid dienone is 1. The van der Waals surface area contributed by atoms with Gasteiger partial charge in [0.15, 0.2) is 0 Å². The van der Waals surface area contributed by atoms with Crippen molar-refractivity contribution in [1.29, 1.82) is 0 Å². The molecule has 52 valence electrons. The molecule has 0 aromatic carbocycles. The van der Waals surface area contributed by atoms with E-state index in [1.165, 1.54) is 0 Å². The molecular formula is C7H12O2. The third-order valence-electron chi connectivity index (χ3n) is 1.23. The van der Waals surface area contributed by atoms with Crippen LogP contribution in [0.2, 0.25) is 0 Å². The first-order valence-electron chi connectivity index (χ1n) is 3.29. The highest BCUT2D eigenvalue weighted by Crippen LogP contribution is 2.03. The van der Waals surface area contributed by atoms with Gasteiger partial charge in [-0.25, -0.2) is 0 Å². The van der Waals surface area contributed by atoms with Crippen molar-refractivity contribution in [3.05, 3.63) is 12.2 Å². The highest BCUT2D eigenvalue weighted by Gasteiger charge is 2.10. The number of hydrogen-bond acceptors (Lipinski definition) is 2. The summed E-state index contributed by atoms with van der Waals surface area (Å²) in [5.74, 6) is 0. The Morgan fingerprint density at radius 3 is 3.11 bits per heavy atom. The van der Waals surface area contributed by atoms with Gasteiger partial charge in [0.1, 0.15) is 12.9 Å². The fraction of sp³-hybridized carbons (Fsp3) is 0.714. The fourth-order valence-corrected chi connectivity index (χ4v) is 0.747. The third-order valence-corrected chi connectivity index (χ3v) is 1.23. The lowest BCUT2D eigenvalue weighted by molar-refractivity contribution is 0.0572. The van der Waals surface area contributed by atoms with E-state index in [9.17, 15) is 0 Å². The molecule has 0 spiro atoms. The van der Waals surface area contributed by atoms with Crippen LogP contribution in [0.4, 0.5) is 0 Å². The summed E-state index contributed by atoms with van der Waals surface area (Å²) in [4.78, 5) is 0. The van der Waals surface area contributed by atoms with Crippen molar-refractivity contribution in [2.45, 2.75) is 19.4 Å². The molecule has 0 saturated carbocycles. The summed E-state index contributed by atoms with van der Waals surface area (Å²) < 4.78 is 10.1. The van der Waals surface area contributed by atoms with Gasteiger partial charge in [-0.15, -0.1) is 0 Å². The second-order valence-electron chi connectivity index (χ2n) is 2.03. The van der Waals surface area contributed by atoms with Crippen molar-refractivity contribution in [2.24, 2.45) is 0 Å². The largest absolute Gasteiger partial charge is 0.352 e. The van der Waals surface area contributed by atoms with Gasteiger partial charge in [0, 0.05) is 0 Å². The van der Waals surface area contributed by atoms with Crippen LogP contribution in [0.1, 0.15) is 13.3 Å². The summed E-state index contributed by atoms with van der Waals surface area (Å²) >= 11 is 0. The summed E-state index contributed by atoms with van der Waals surface area (Å²) in [6, 6.07) is 0. The van der Waals surface area contributed by atoms with Gasteiger partial charge in [0.25, 0.3) is 0 Å². The van der Waals surface area contributed by atoms with E-state index in [4.69, 9.17) is 9.47 Å². The minimum absolute atomic E-state index is 0.213. The molecule has 0 aromatic rings. The smallest absolute Gasteiger partial charge is 0.147 e. The Hall–Kier alpha value is -0.340. The van der Waals surface area contributed by atoms with Gasteiger partial charge in [0.05, 0.1) is 6.61 Å². The number of hydrogen-bond donors (Lipinski definition) is 0. The molecule has 1 rings (SSSR count). The van der Waals surface area contributed by atoms with Crippen LogP contribution in [0, 0.1) is 0 Å². The average Bonchev–Trinajstić information content (AvgIpc) is 2.34. The monoisotopic (exact) mass is 128 g/mol. The maximum absolute atomic E-state index is 5.15. The van der Waals surface area contributed by atoms with Crippen LogP contribution in [-0.4, -0.2) is 19.5 Å². The molecular weight excluding hydrogens is 116 g/mol. The van der Waals surface area contributed by atoms with Crippen LogP contribution in [-0.2, 0) is 9.47 Å². The molecule has 1 atom stereocenters. The highest BCUT2D eigenvalue weighted by molar-refractivity contribution is 4.89. The Morgan fingerprint density at radius 2 is 2.56 bits per heavy atom. The average molecular weight is 128 g/mol. The fourth-order valence-electron chi connectivity index (χ4n) is 0.747. The first kappa shape index (κ1) is 6.78. The minimum Gasteiger partial charge on any atom is -0.352 e. The summed E-state index contributed by atoms with van der Waals surface area (Å²) in [5, 5.41) is 0. The maximum atomic E-state index is 5.15. The molecule has 0 N–H and O–H groups in total. The van der Waals surface area contributed by atoms with Crippen molar-refractivity contribution in [3.8, 4) is 0 Å².